The van der Waals surface area contributed by atoms with Crippen molar-refractivity contribution in [1.82, 2.24) is 9.88 Å². The molecule has 24 heavy (non-hydrogen) atoms. The predicted octanol–water partition coefficient (Wildman–Crippen LogP) is 1.80. The van der Waals surface area contributed by atoms with Gasteiger partial charge in [0.05, 0.1) is 18.5 Å². The average Bonchev–Trinajstić information content (AvgIpc) is 2.82. The van der Waals surface area contributed by atoms with E-state index in [0.717, 1.165) is 23.4 Å². The van der Waals surface area contributed by atoms with E-state index >= 15 is 0 Å². The van der Waals surface area contributed by atoms with Gasteiger partial charge in [-0.1, -0.05) is 6.07 Å². The smallest absolute Gasteiger partial charge is 0.225 e. The summed E-state index contributed by atoms with van der Waals surface area (Å²) in [6.07, 6.45) is 3.71. The molecule has 6 heteroatoms. The summed E-state index contributed by atoms with van der Waals surface area (Å²) < 4.78 is 5.75. The molecule has 1 amide bonds. The van der Waals surface area contributed by atoms with E-state index in [4.69, 9.17) is 4.74 Å². The van der Waals surface area contributed by atoms with Crippen molar-refractivity contribution in [2.24, 2.45) is 0 Å². The first-order valence-corrected chi connectivity index (χ1v) is 8.02. The van der Waals surface area contributed by atoms with Gasteiger partial charge >= 0.3 is 0 Å². The highest BCUT2D eigenvalue weighted by Crippen LogP contribution is 2.24. The number of hydrogen-bond donors (Lipinski definition) is 2. The second-order valence-corrected chi connectivity index (χ2v) is 5.76. The van der Waals surface area contributed by atoms with Gasteiger partial charge in [0.1, 0.15) is 12.4 Å². The van der Waals surface area contributed by atoms with Gasteiger partial charge in [-0.25, -0.2) is 0 Å². The van der Waals surface area contributed by atoms with Crippen molar-refractivity contribution in [3.63, 3.8) is 0 Å². The van der Waals surface area contributed by atoms with Crippen LogP contribution in [0.1, 0.15) is 17.5 Å². The molecule has 0 unspecified atom stereocenters. The number of aliphatic hydroxyl groups excluding tert-OH is 1. The zero-order chi connectivity index (χ0) is 16.8. The molecule has 0 aliphatic carbocycles. The zero-order valence-electron chi connectivity index (χ0n) is 13.4. The van der Waals surface area contributed by atoms with E-state index in [-0.39, 0.29) is 12.5 Å². The number of aromatic nitrogens is 1. The lowest BCUT2D eigenvalue weighted by atomic mass is 10.1. The molecule has 2 N–H and O–H groups in total. The summed E-state index contributed by atoms with van der Waals surface area (Å²) in [6.45, 7) is 2.74. The van der Waals surface area contributed by atoms with E-state index < -0.39 is 0 Å². The summed E-state index contributed by atoms with van der Waals surface area (Å²) >= 11 is 0. The number of ether oxygens (including phenoxy) is 1. The lowest BCUT2D eigenvalue weighted by Crippen LogP contribution is -2.29. The number of pyridine rings is 1. The number of rotatable bonds is 5. The Morgan fingerprint density at radius 1 is 1.38 bits per heavy atom. The maximum absolute atomic E-state index is 12.1. The molecule has 2 heterocycles. The summed E-state index contributed by atoms with van der Waals surface area (Å²) in [5.41, 5.74) is 2.62. The van der Waals surface area contributed by atoms with E-state index in [1.807, 2.05) is 24.3 Å². The van der Waals surface area contributed by atoms with Gasteiger partial charge in [0, 0.05) is 37.8 Å². The van der Waals surface area contributed by atoms with E-state index in [2.05, 4.69) is 15.2 Å². The predicted molar refractivity (Wildman–Crippen MR) is 90.6 cm³/mol. The van der Waals surface area contributed by atoms with E-state index in [1.54, 1.807) is 18.5 Å². The van der Waals surface area contributed by atoms with Crippen LogP contribution in [0.5, 0.6) is 5.75 Å². The molecule has 0 radical (unpaired) electrons. The van der Waals surface area contributed by atoms with Crippen LogP contribution in [0.4, 0.5) is 5.69 Å². The number of hydrogen-bond acceptors (Lipinski definition) is 5. The Bertz CT molecular complexity index is 691. The number of fused-ring (bicyclic) bond motifs is 1. The first kappa shape index (κ1) is 16.4. The Morgan fingerprint density at radius 2 is 2.29 bits per heavy atom. The van der Waals surface area contributed by atoms with Crippen LogP contribution in [0, 0.1) is 0 Å². The van der Waals surface area contributed by atoms with Gasteiger partial charge in [0.15, 0.2) is 0 Å². The maximum atomic E-state index is 12.1. The van der Waals surface area contributed by atoms with Crippen LogP contribution in [0.25, 0.3) is 0 Å². The SMILES string of the molecule is O=C(CCN1CCOc2ccc(CO)cc2C1)Nc1cccnc1. The van der Waals surface area contributed by atoms with Gasteiger partial charge in [0.2, 0.25) is 5.91 Å². The van der Waals surface area contributed by atoms with Crippen LogP contribution in [-0.2, 0) is 17.9 Å². The standard InChI is InChI=1S/C18H21N3O3/c22-13-14-3-4-17-15(10-14)12-21(8-9-24-17)7-5-18(23)20-16-2-1-6-19-11-16/h1-4,6,10-11,22H,5,7-9,12-13H2,(H,20,23). The first-order chi connectivity index (χ1) is 11.7. The van der Waals surface area contributed by atoms with Gasteiger partial charge in [0.25, 0.3) is 0 Å². The molecule has 126 valence electrons. The van der Waals surface area contributed by atoms with Gasteiger partial charge in [-0.3, -0.25) is 14.7 Å². The van der Waals surface area contributed by atoms with E-state index in [9.17, 15) is 9.90 Å². The monoisotopic (exact) mass is 327 g/mol. The van der Waals surface area contributed by atoms with Crippen LogP contribution in [0.2, 0.25) is 0 Å². The normalized spacial score (nSPS) is 14.4. The number of nitrogens with zero attached hydrogens (tertiary/aromatic N) is 2. The van der Waals surface area contributed by atoms with Crippen LogP contribution < -0.4 is 10.1 Å². The number of aliphatic hydroxyl groups is 1. The Kier molecular flexibility index (Phi) is 5.40. The molecule has 0 atom stereocenters. The second-order valence-electron chi connectivity index (χ2n) is 5.76. The lowest BCUT2D eigenvalue weighted by Gasteiger charge is -2.19. The van der Waals surface area contributed by atoms with Crippen LogP contribution in [-0.4, -0.2) is 40.6 Å². The van der Waals surface area contributed by atoms with Crippen molar-refractivity contribution >= 4 is 11.6 Å². The average molecular weight is 327 g/mol. The van der Waals surface area contributed by atoms with Gasteiger partial charge < -0.3 is 15.2 Å². The van der Waals surface area contributed by atoms with E-state index in [1.165, 1.54) is 0 Å². The van der Waals surface area contributed by atoms with Gasteiger partial charge in [-0.15, -0.1) is 0 Å². The third-order valence-electron chi connectivity index (χ3n) is 3.97. The van der Waals surface area contributed by atoms with Crippen molar-refractivity contribution in [3.8, 4) is 5.75 Å². The fourth-order valence-electron chi connectivity index (χ4n) is 2.71. The molecule has 0 fully saturated rings. The van der Waals surface area contributed by atoms with Crippen molar-refractivity contribution < 1.29 is 14.6 Å². The minimum absolute atomic E-state index is 0.0147. The highest BCUT2D eigenvalue weighted by Gasteiger charge is 2.16. The van der Waals surface area contributed by atoms with Crippen molar-refractivity contribution in [2.75, 3.05) is 25.0 Å². The van der Waals surface area contributed by atoms with E-state index in [0.29, 0.717) is 31.8 Å². The molecule has 3 rings (SSSR count). The molecule has 1 aromatic heterocycles. The van der Waals surface area contributed by atoms with Crippen molar-refractivity contribution in [1.29, 1.82) is 0 Å². The molecule has 1 aliphatic heterocycles. The third-order valence-corrected chi connectivity index (χ3v) is 3.97. The fourth-order valence-corrected chi connectivity index (χ4v) is 2.71. The molecule has 6 nitrogen and oxygen atoms in total. The summed E-state index contributed by atoms with van der Waals surface area (Å²) in [5, 5.41) is 12.1. The Balaban J connectivity index is 1.56. The van der Waals surface area contributed by atoms with Crippen molar-refractivity contribution in [3.05, 3.63) is 53.9 Å². The largest absolute Gasteiger partial charge is 0.492 e. The summed E-state index contributed by atoms with van der Waals surface area (Å²) in [6, 6.07) is 9.34. The molecular weight excluding hydrogens is 306 g/mol. The molecule has 2 aromatic rings. The number of carbonyl (C=O) groups excluding carboxylic acids is 1. The molecule has 1 aliphatic rings. The van der Waals surface area contributed by atoms with Crippen LogP contribution >= 0.6 is 0 Å². The number of benzene rings is 1. The number of nitrogens with one attached hydrogen (secondary N) is 1. The molecule has 0 spiro atoms. The summed E-state index contributed by atoms with van der Waals surface area (Å²) in [5.74, 6) is 0.826. The molecule has 0 saturated carbocycles. The zero-order valence-corrected chi connectivity index (χ0v) is 13.4. The minimum Gasteiger partial charge on any atom is -0.492 e. The number of carbonyl (C=O) groups is 1. The summed E-state index contributed by atoms with van der Waals surface area (Å²) in [7, 11) is 0. The second kappa shape index (κ2) is 7.90. The Labute approximate surface area is 141 Å². The third kappa shape index (κ3) is 4.31. The topological polar surface area (TPSA) is 74.7 Å². The minimum atomic E-state index is -0.0301. The van der Waals surface area contributed by atoms with Crippen LogP contribution in [0.3, 0.4) is 0 Å². The summed E-state index contributed by atoms with van der Waals surface area (Å²) in [4.78, 5) is 18.2. The molecular formula is C18H21N3O3. The number of amides is 1. The van der Waals surface area contributed by atoms with Crippen LogP contribution in [0.15, 0.2) is 42.7 Å². The molecule has 0 saturated heterocycles. The Hall–Kier alpha value is -2.44. The van der Waals surface area contributed by atoms with Gasteiger partial charge in [-0.05, 0) is 29.8 Å². The number of anilines is 1. The fraction of sp³-hybridized carbons (Fsp3) is 0.333. The molecule has 1 aromatic carbocycles. The highest BCUT2D eigenvalue weighted by molar-refractivity contribution is 5.90. The van der Waals surface area contributed by atoms with Crippen molar-refractivity contribution in [2.45, 2.75) is 19.6 Å². The Morgan fingerprint density at radius 3 is 3.08 bits per heavy atom. The highest BCUT2D eigenvalue weighted by atomic mass is 16.5. The van der Waals surface area contributed by atoms with Gasteiger partial charge in [-0.2, -0.15) is 0 Å². The lowest BCUT2D eigenvalue weighted by molar-refractivity contribution is -0.116. The maximum Gasteiger partial charge on any atom is 0.225 e. The molecule has 0 bridgehead atoms. The first-order valence-electron chi connectivity index (χ1n) is 8.02. The quantitative estimate of drug-likeness (QED) is 0.876.